The van der Waals surface area contributed by atoms with Crippen molar-refractivity contribution in [3.63, 3.8) is 0 Å². The Bertz CT molecular complexity index is 503. The highest BCUT2D eigenvalue weighted by Crippen LogP contribution is 2.15. The molecular formula is C11H17FN2O3S. The quantitative estimate of drug-likeness (QED) is 0.776. The third-order valence-electron chi connectivity index (χ3n) is 2.32. The molecule has 0 fully saturated rings. The van der Waals surface area contributed by atoms with Crippen LogP contribution in [0, 0.1) is 5.82 Å². The van der Waals surface area contributed by atoms with Crippen LogP contribution in [0.2, 0.25) is 0 Å². The molecule has 18 heavy (non-hydrogen) atoms. The van der Waals surface area contributed by atoms with Crippen molar-refractivity contribution >= 4 is 10.0 Å². The molecule has 0 amide bonds. The van der Waals surface area contributed by atoms with Crippen LogP contribution in [-0.2, 0) is 16.6 Å². The van der Waals surface area contributed by atoms with E-state index < -0.39 is 20.7 Å². The van der Waals surface area contributed by atoms with Gasteiger partial charge in [-0.05, 0) is 31.8 Å². The molecule has 0 heterocycles. The zero-order chi connectivity index (χ0) is 13.8. The zero-order valence-electron chi connectivity index (χ0n) is 10.4. The molecule has 0 spiro atoms. The number of rotatable bonds is 6. The Balaban J connectivity index is 2.85. The summed E-state index contributed by atoms with van der Waals surface area (Å²) in [5.74, 6) is -0.862. The summed E-state index contributed by atoms with van der Waals surface area (Å²) >= 11 is 0. The number of nitrogens with one attached hydrogen (secondary N) is 1. The molecule has 0 unspecified atom stereocenters. The van der Waals surface area contributed by atoms with E-state index in [1.165, 1.54) is 6.07 Å². The maximum Gasteiger partial charge on any atom is 0.243 e. The van der Waals surface area contributed by atoms with Crippen LogP contribution in [-0.4, -0.2) is 45.6 Å². The predicted molar refractivity (Wildman–Crippen MR) is 66.1 cm³/mol. The summed E-state index contributed by atoms with van der Waals surface area (Å²) in [6.07, 6.45) is 0. The molecule has 1 rings (SSSR count). The number of halogens is 1. The Labute approximate surface area is 106 Å². The monoisotopic (exact) mass is 276 g/mol. The van der Waals surface area contributed by atoms with Crippen molar-refractivity contribution in [3.05, 3.63) is 29.6 Å². The van der Waals surface area contributed by atoms with Crippen molar-refractivity contribution in [2.75, 3.05) is 27.2 Å². The van der Waals surface area contributed by atoms with Crippen LogP contribution in [0.5, 0.6) is 0 Å². The van der Waals surface area contributed by atoms with Gasteiger partial charge in [0.15, 0.2) is 0 Å². The molecule has 2 N–H and O–H groups in total. The smallest absolute Gasteiger partial charge is 0.243 e. The highest BCUT2D eigenvalue weighted by Gasteiger charge is 2.18. The summed E-state index contributed by atoms with van der Waals surface area (Å²) in [5.41, 5.74) is 0.333. The number of sulfonamides is 1. The summed E-state index contributed by atoms with van der Waals surface area (Å²) in [4.78, 5) is 1.41. The van der Waals surface area contributed by atoms with Crippen LogP contribution in [0.25, 0.3) is 0 Å². The molecule has 0 aliphatic heterocycles. The van der Waals surface area contributed by atoms with Gasteiger partial charge in [-0.2, -0.15) is 0 Å². The molecule has 0 aromatic heterocycles. The fraction of sp³-hybridized carbons (Fsp3) is 0.455. The first-order valence-electron chi connectivity index (χ1n) is 5.40. The Morgan fingerprint density at radius 3 is 2.56 bits per heavy atom. The standard InChI is InChI=1S/C11H17FN2O3S/c1-14(2)6-5-13-18(16,17)11-4-3-9(8-15)7-10(11)12/h3-4,7,13,15H,5-6,8H2,1-2H3. The fourth-order valence-electron chi connectivity index (χ4n) is 1.34. The van der Waals surface area contributed by atoms with Gasteiger partial charge in [-0.15, -0.1) is 0 Å². The van der Waals surface area contributed by atoms with Gasteiger partial charge in [-0.1, -0.05) is 6.07 Å². The molecule has 1 aromatic rings. The molecule has 0 saturated carbocycles. The van der Waals surface area contributed by atoms with E-state index in [0.717, 1.165) is 12.1 Å². The number of likely N-dealkylation sites (N-methyl/N-ethyl adjacent to an activating group) is 1. The Kier molecular flexibility index (Phi) is 5.21. The first-order chi connectivity index (χ1) is 8.36. The van der Waals surface area contributed by atoms with E-state index in [4.69, 9.17) is 5.11 Å². The van der Waals surface area contributed by atoms with Crippen molar-refractivity contribution in [2.45, 2.75) is 11.5 Å². The van der Waals surface area contributed by atoms with Crippen LogP contribution in [0.15, 0.2) is 23.1 Å². The lowest BCUT2D eigenvalue weighted by atomic mass is 10.2. The number of hydrogen-bond donors (Lipinski definition) is 2. The summed E-state index contributed by atoms with van der Waals surface area (Å²) in [7, 11) is -0.224. The maximum atomic E-state index is 13.6. The molecule has 0 bridgehead atoms. The second-order valence-electron chi connectivity index (χ2n) is 4.12. The highest BCUT2D eigenvalue weighted by molar-refractivity contribution is 7.89. The third kappa shape index (κ3) is 4.02. The average Bonchev–Trinajstić information content (AvgIpc) is 2.27. The summed E-state index contributed by atoms with van der Waals surface area (Å²) in [6.45, 7) is 0.400. The summed E-state index contributed by atoms with van der Waals surface area (Å²) in [6, 6.07) is 3.54. The molecule has 0 aliphatic carbocycles. The average molecular weight is 276 g/mol. The fourth-order valence-corrected chi connectivity index (χ4v) is 2.42. The minimum absolute atomic E-state index is 0.205. The lowest BCUT2D eigenvalue weighted by molar-refractivity contribution is 0.281. The highest BCUT2D eigenvalue weighted by atomic mass is 32.2. The summed E-state index contributed by atoms with van der Waals surface area (Å²) in [5, 5.41) is 8.82. The largest absolute Gasteiger partial charge is 0.392 e. The van der Waals surface area contributed by atoms with E-state index >= 15 is 0 Å². The Morgan fingerprint density at radius 2 is 2.06 bits per heavy atom. The van der Waals surface area contributed by atoms with Gasteiger partial charge in [0.2, 0.25) is 10.0 Å². The van der Waals surface area contributed by atoms with E-state index in [2.05, 4.69) is 4.72 Å². The van der Waals surface area contributed by atoms with Gasteiger partial charge >= 0.3 is 0 Å². The van der Waals surface area contributed by atoms with Crippen molar-refractivity contribution in [1.82, 2.24) is 9.62 Å². The number of benzene rings is 1. The Hall–Kier alpha value is -1.02. The van der Waals surface area contributed by atoms with Gasteiger partial charge in [0.05, 0.1) is 6.61 Å². The van der Waals surface area contributed by atoms with Crippen molar-refractivity contribution in [3.8, 4) is 0 Å². The van der Waals surface area contributed by atoms with Gasteiger partial charge in [0, 0.05) is 13.1 Å². The van der Waals surface area contributed by atoms with Crippen molar-refractivity contribution in [2.24, 2.45) is 0 Å². The van der Waals surface area contributed by atoms with E-state index in [0.29, 0.717) is 12.1 Å². The molecule has 5 nitrogen and oxygen atoms in total. The van der Waals surface area contributed by atoms with Crippen LogP contribution < -0.4 is 4.72 Å². The molecular weight excluding hydrogens is 259 g/mol. The van der Waals surface area contributed by atoms with Crippen molar-refractivity contribution in [1.29, 1.82) is 0 Å². The van der Waals surface area contributed by atoms with E-state index in [1.807, 2.05) is 19.0 Å². The third-order valence-corrected chi connectivity index (χ3v) is 3.81. The SMILES string of the molecule is CN(C)CCNS(=O)(=O)c1ccc(CO)cc1F. The number of hydrogen-bond acceptors (Lipinski definition) is 4. The van der Waals surface area contributed by atoms with Crippen LogP contribution in [0.4, 0.5) is 4.39 Å². The molecule has 0 atom stereocenters. The van der Waals surface area contributed by atoms with Gasteiger partial charge in [0.1, 0.15) is 10.7 Å². The predicted octanol–water partition coefficient (Wildman–Crippen LogP) is 0.158. The van der Waals surface area contributed by atoms with Crippen LogP contribution in [0.3, 0.4) is 0 Å². The minimum atomic E-state index is -3.84. The lowest BCUT2D eigenvalue weighted by Gasteiger charge is -2.11. The van der Waals surface area contributed by atoms with Gasteiger partial charge in [0.25, 0.3) is 0 Å². The molecule has 0 saturated heterocycles. The second-order valence-corrected chi connectivity index (χ2v) is 5.86. The van der Waals surface area contributed by atoms with Gasteiger partial charge < -0.3 is 10.0 Å². The zero-order valence-corrected chi connectivity index (χ0v) is 11.2. The first-order valence-corrected chi connectivity index (χ1v) is 6.89. The second kappa shape index (κ2) is 6.24. The molecule has 102 valence electrons. The number of aliphatic hydroxyl groups is 1. The van der Waals surface area contributed by atoms with E-state index in [9.17, 15) is 12.8 Å². The molecule has 0 radical (unpaired) electrons. The van der Waals surface area contributed by atoms with E-state index in [1.54, 1.807) is 0 Å². The molecule has 1 aromatic carbocycles. The molecule has 0 aliphatic rings. The Morgan fingerprint density at radius 1 is 1.39 bits per heavy atom. The first kappa shape index (κ1) is 15.0. The number of nitrogens with zero attached hydrogens (tertiary/aromatic N) is 1. The normalized spacial score (nSPS) is 12.1. The van der Waals surface area contributed by atoms with Gasteiger partial charge in [-0.3, -0.25) is 0 Å². The lowest BCUT2D eigenvalue weighted by Crippen LogP contribution is -2.31. The topological polar surface area (TPSA) is 69.6 Å². The summed E-state index contributed by atoms with van der Waals surface area (Å²) < 4.78 is 39.5. The maximum absolute atomic E-state index is 13.6. The number of aliphatic hydroxyl groups excluding tert-OH is 1. The van der Waals surface area contributed by atoms with E-state index in [-0.39, 0.29) is 13.2 Å². The van der Waals surface area contributed by atoms with Gasteiger partial charge in [-0.25, -0.2) is 17.5 Å². The molecule has 7 heteroatoms. The minimum Gasteiger partial charge on any atom is -0.392 e. The van der Waals surface area contributed by atoms with Crippen LogP contribution >= 0.6 is 0 Å². The van der Waals surface area contributed by atoms with Crippen LogP contribution in [0.1, 0.15) is 5.56 Å². The van der Waals surface area contributed by atoms with Crippen molar-refractivity contribution < 1.29 is 17.9 Å².